The van der Waals surface area contributed by atoms with Gasteiger partial charge in [0, 0.05) is 57.2 Å². The van der Waals surface area contributed by atoms with E-state index in [1.165, 1.54) is 38.1 Å². The van der Waals surface area contributed by atoms with Gasteiger partial charge in [-0.2, -0.15) is 0 Å². The lowest BCUT2D eigenvalue weighted by molar-refractivity contribution is -0.158. The number of allylic oxidation sites excluding steroid dienone is 3. The van der Waals surface area contributed by atoms with Crippen LogP contribution in [-0.4, -0.2) is 162 Å². The largest absolute Gasteiger partial charge is 0.465 e. The number of likely N-dealkylation sites (N-methyl/N-ethyl adjacent to an activating group) is 1. The molecule has 0 radical (unpaired) electrons. The molecule has 8 amide bonds. The van der Waals surface area contributed by atoms with Gasteiger partial charge in [-0.1, -0.05) is 106 Å². The Morgan fingerprint density at radius 2 is 1.69 bits per heavy atom. The fourth-order valence-corrected chi connectivity index (χ4v) is 12.1. The maximum Gasteiger partial charge on any atom is 0.409 e. The highest BCUT2D eigenvalue weighted by Crippen LogP contribution is 2.49. The summed E-state index contributed by atoms with van der Waals surface area (Å²) >= 11 is 13.5. The van der Waals surface area contributed by atoms with Gasteiger partial charge in [-0.15, -0.1) is 0 Å². The van der Waals surface area contributed by atoms with Crippen LogP contribution in [0.15, 0.2) is 60.2 Å². The van der Waals surface area contributed by atoms with Crippen molar-refractivity contribution in [1.29, 1.82) is 0 Å². The van der Waals surface area contributed by atoms with Crippen molar-refractivity contribution in [2.75, 3.05) is 55.2 Å². The van der Waals surface area contributed by atoms with Gasteiger partial charge in [0.2, 0.25) is 23.6 Å². The number of benzene rings is 2. The summed E-state index contributed by atoms with van der Waals surface area (Å²) in [6.45, 7) is 12.3. The smallest absolute Gasteiger partial charge is 0.409 e. The highest BCUT2D eigenvalue weighted by Gasteiger charge is 2.64. The number of rotatable bonds is 24. The minimum Gasteiger partial charge on any atom is -0.465 e. The molecule has 2 saturated heterocycles. The number of fused-ring (bicyclic) bond motifs is 5. The molecule has 2 aromatic carbocycles. The van der Waals surface area contributed by atoms with Crippen molar-refractivity contribution in [3.63, 3.8) is 0 Å². The minimum atomic E-state index is -1.91. The van der Waals surface area contributed by atoms with Crippen LogP contribution in [0.5, 0.6) is 0 Å². The summed E-state index contributed by atoms with van der Waals surface area (Å²) < 4.78 is 29.4. The molecular formula is C60H83Br2ClN8O15. The first-order valence-electron chi connectivity index (χ1n) is 28.7. The molecule has 0 unspecified atom stereocenters. The van der Waals surface area contributed by atoms with Gasteiger partial charge in [-0.05, 0) is 101 Å². The van der Waals surface area contributed by atoms with Gasteiger partial charge >= 0.3 is 24.1 Å². The lowest BCUT2D eigenvalue weighted by Crippen LogP contribution is -2.63. The maximum atomic E-state index is 14.5. The first-order valence-corrected chi connectivity index (χ1v) is 31.3. The van der Waals surface area contributed by atoms with Gasteiger partial charge in [-0.3, -0.25) is 34.1 Å². The SMILES string of the molecule is CO[C@@H]1/C=C/C=C(\C)Cc2cc(C)c(Cl)c(c2)N(C)C(=O)C[C@H](OC(=O)[C@H](C)N(C)C(=O)c2ccccc2NC(=O)[C@H](CCCNC(N)=O)NC(=O)[C@@H](NC(=O)CCCCCOC(=O)C(CBr)CBr)C(C)C)[C@]2(C)O[C@H]2[C@H](C)[C@@H]2C[C@@]1(O)NC(=O)O2. The number of halogens is 3. The highest BCUT2D eigenvalue weighted by molar-refractivity contribution is 9.09. The second-order valence-corrected chi connectivity index (χ2v) is 24.4. The number of amides is 8. The van der Waals surface area contributed by atoms with E-state index in [4.69, 9.17) is 41.0 Å². The van der Waals surface area contributed by atoms with Gasteiger partial charge in [0.25, 0.3) is 5.91 Å². The molecule has 3 aliphatic rings. The van der Waals surface area contributed by atoms with Gasteiger partial charge < -0.3 is 65.6 Å². The number of nitrogens with one attached hydrogen (secondary N) is 5. The average Bonchev–Trinajstić information content (AvgIpc) is 1.59. The summed E-state index contributed by atoms with van der Waals surface area (Å²) in [5.74, 6) is -5.66. The number of aliphatic hydroxyl groups is 1. The van der Waals surface area contributed by atoms with Gasteiger partial charge in [-0.25, -0.2) is 14.4 Å². The fraction of sp³-hybridized carbons (Fsp3) is 0.583. The summed E-state index contributed by atoms with van der Waals surface area (Å²) in [4.78, 5) is 124. The molecular weight excluding hydrogens is 1270 g/mol. The van der Waals surface area contributed by atoms with E-state index in [9.17, 15) is 48.3 Å². The molecule has 3 heterocycles. The molecule has 0 spiro atoms. The predicted molar refractivity (Wildman–Crippen MR) is 330 cm³/mol. The van der Waals surface area contributed by atoms with Crippen molar-refractivity contribution < 1.29 is 71.9 Å². The molecule has 86 heavy (non-hydrogen) atoms. The van der Waals surface area contributed by atoms with E-state index in [1.807, 2.05) is 26.0 Å². The number of nitrogens with two attached hydrogens (primary N) is 1. The molecule has 0 aromatic heterocycles. The molecule has 2 fully saturated rings. The normalized spacial score (nSPS) is 24.3. The highest BCUT2D eigenvalue weighted by atomic mass is 79.9. The zero-order chi connectivity index (χ0) is 63.8. The molecule has 0 aliphatic carbocycles. The lowest BCUT2D eigenvalue weighted by atomic mass is 9.83. The summed E-state index contributed by atoms with van der Waals surface area (Å²) in [6, 6.07) is 5.30. The number of alkyl halides is 2. The van der Waals surface area contributed by atoms with E-state index in [2.05, 4.69) is 58.4 Å². The molecule has 5 rings (SSSR count). The molecule has 0 saturated carbocycles. The van der Waals surface area contributed by atoms with Crippen LogP contribution in [-0.2, 0) is 58.9 Å². The van der Waals surface area contributed by atoms with Gasteiger partial charge in [0.05, 0.1) is 47.0 Å². The maximum absolute atomic E-state index is 14.5. The zero-order valence-electron chi connectivity index (χ0n) is 50.4. The Morgan fingerprint density at radius 3 is 2.35 bits per heavy atom. The molecule has 2 aromatic rings. The zero-order valence-corrected chi connectivity index (χ0v) is 54.4. The molecule has 4 bridgehead atoms. The van der Waals surface area contributed by atoms with E-state index in [0.717, 1.165) is 16.0 Å². The molecule has 3 aliphatic heterocycles. The van der Waals surface area contributed by atoms with Crippen molar-refractivity contribution >= 4 is 108 Å². The second kappa shape index (κ2) is 32.2. The number of methoxy groups -OCH3 is 1. The van der Waals surface area contributed by atoms with E-state index >= 15 is 0 Å². The Hall–Kier alpha value is -6.12. The van der Waals surface area contributed by atoms with E-state index < -0.39 is 120 Å². The number of carbonyl (C=O) groups is 9. The number of aryl methyl sites for hydroxylation is 1. The molecule has 8 N–H and O–H groups in total. The van der Waals surface area contributed by atoms with Crippen LogP contribution >= 0.6 is 43.5 Å². The Bertz CT molecular complexity index is 2860. The van der Waals surface area contributed by atoms with Crippen LogP contribution in [0.2, 0.25) is 5.02 Å². The standard InChI is InChI=1S/C60H83Br2ClN8O15/c1-33(2)50(68-47(72)23-12-11-15-25-83-56(78)39(31-61)32-62)53(75)67-42(21-17-24-65-57(64)79)52(74)66-41-20-14-13-19-40(41)54(76)70(8)37(6)55(77)85-46-29-48(73)71(9)43-28-38(27-35(4)49(43)63)26-34(3)18-16-22-45(82-10)60(81)30-44(84-58(80)69-60)36(5)51-59(46,7)86-51/h13-14,16,18-20,22,27-28,33,36-37,39,42,44-46,50-51,81H,11-12,15,17,21,23-26,29-32H2,1-10H3,(H,66,74)(H,67,75)(H,68,72)(H,69,80)(H3,64,65,79)/b22-16+,34-18+/t36-,37+,42+,44+,45-,46+,50+,51+,59+,60+/m1/s1. The fourth-order valence-electron chi connectivity index (χ4n) is 10.3. The number of urea groups is 1. The first-order chi connectivity index (χ1) is 40.6. The number of unbranched alkanes of at least 4 members (excludes halogenated alkanes) is 2. The van der Waals surface area contributed by atoms with E-state index in [-0.39, 0.29) is 62.0 Å². The van der Waals surface area contributed by atoms with Crippen molar-refractivity contribution in [2.45, 2.75) is 160 Å². The Labute approximate surface area is 524 Å². The van der Waals surface area contributed by atoms with E-state index in [0.29, 0.717) is 52.6 Å². The molecule has 23 nitrogen and oxygen atoms in total. The summed E-state index contributed by atoms with van der Waals surface area (Å²) in [5.41, 5.74) is 4.84. The van der Waals surface area contributed by atoms with Crippen LogP contribution in [0.25, 0.3) is 0 Å². The topological polar surface area (TPSA) is 316 Å². The summed E-state index contributed by atoms with van der Waals surface area (Å²) in [7, 11) is 4.33. The third kappa shape index (κ3) is 18.9. The number of carbonyl (C=O) groups excluding carboxylic acids is 9. The predicted octanol–water partition coefficient (Wildman–Crippen LogP) is 6.65. The lowest BCUT2D eigenvalue weighted by Gasteiger charge is -2.42. The third-order valence-corrected chi connectivity index (χ3v) is 17.8. The minimum absolute atomic E-state index is 0.0126. The molecule has 26 heteroatoms. The number of nitrogens with zero attached hydrogens (tertiary/aromatic N) is 2. The Kier molecular flexibility index (Phi) is 26.5. The van der Waals surface area contributed by atoms with Crippen LogP contribution in [0, 0.1) is 24.7 Å². The van der Waals surface area contributed by atoms with Crippen LogP contribution in [0.4, 0.5) is 21.0 Å². The third-order valence-electron chi connectivity index (χ3n) is 15.7. The van der Waals surface area contributed by atoms with Crippen molar-refractivity contribution in [2.24, 2.45) is 23.5 Å². The average molecular weight is 1350 g/mol. The number of primary amides is 1. The van der Waals surface area contributed by atoms with Crippen molar-refractivity contribution in [1.82, 2.24) is 26.2 Å². The number of alkyl carbamates (subject to hydrolysis) is 1. The molecule has 474 valence electrons. The first kappa shape index (κ1) is 70.6. The van der Waals surface area contributed by atoms with E-state index in [1.54, 1.807) is 65.1 Å². The van der Waals surface area contributed by atoms with Crippen molar-refractivity contribution in [3.05, 3.63) is 81.9 Å². The number of epoxide rings is 1. The number of anilines is 2. The number of hydrogen-bond donors (Lipinski definition) is 7. The summed E-state index contributed by atoms with van der Waals surface area (Å²) in [6.07, 6.45) is 1.99. The van der Waals surface area contributed by atoms with Crippen LogP contribution in [0.1, 0.15) is 114 Å². The second-order valence-electron chi connectivity index (χ2n) is 22.7. The van der Waals surface area contributed by atoms with Crippen LogP contribution in [0.3, 0.4) is 0 Å². The quantitative estimate of drug-likeness (QED) is 0.0190. The molecule has 10 atom stereocenters. The van der Waals surface area contributed by atoms with Gasteiger partial charge in [0.1, 0.15) is 42.0 Å². The Morgan fingerprint density at radius 1 is 0.988 bits per heavy atom. The van der Waals surface area contributed by atoms with Crippen LogP contribution < -0.4 is 37.2 Å². The number of hydrogen-bond acceptors (Lipinski definition) is 15. The van der Waals surface area contributed by atoms with Crippen molar-refractivity contribution in [3.8, 4) is 0 Å². The van der Waals surface area contributed by atoms with Gasteiger partial charge in [0.15, 0.2) is 5.72 Å². The Balaban J connectivity index is 1.35. The number of para-hydroxylation sites is 1. The number of ether oxygens (including phenoxy) is 5. The number of esters is 2. The monoisotopic (exact) mass is 1350 g/mol. The summed E-state index contributed by atoms with van der Waals surface area (Å²) in [5, 5.41) is 26.4.